The molecule has 6 nitrogen and oxygen atoms in total. The van der Waals surface area contributed by atoms with E-state index in [1.807, 2.05) is 6.92 Å². The molecule has 1 saturated carbocycles. The highest BCUT2D eigenvalue weighted by atomic mass is 16.5. The van der Waals surface area contributed by atoms with E-state index in [4.69, 9.17) is 15.3 Å². The normalized spacial score (nSPS) is 24.3. The molecule has 1 aliphatic rings. The fourth-order valence-electron chi connectivity index (χ4n) is 1.78. The Morgan fingerprint density at radius 1 is 1.47 bits per heavy atom. The van der Waals surface area contributed by atoms with Gasteiger partial charge in [-0.05, 0) is 26.2 Å². The largest absolute Gasteiger partial charge is 0.385 e. The molecule has 0 aromatic carbocycles. The summed E-state index contributed by atoms with van der Waals surface area (Å²) in [7, 11) is 1.69. The average Bonchev–Trinajstić information content (AvgIpc) is 2.29. The molecule has 0 aromatic heterocycles. The fraction of sp³-hybridized carbons (Fsp3) is 0.909. The van der Waals surface area contributed by atoms with Crippen molar-refractivity contribution in [2.75, 3.05) is 26.9 Å². The van der Waals surface area contributed by atoms with Crippen LogP contribution >= 0.6 is 0 Å². The highest BCUT2D eigenvalue weighted by Gasteiger charge is 2.29. The monoisotopic (exact) mass is 244 g/mol. The Bertz CT molecular complexity index is 230. The fourth-order valence-corrected chi connectivity index (χ4v) is 1.78. The second-order valence-electron chi connectivity index (χ2n) is 4.11. The minimum atomic E-state index is 0.394. The zero-order valence-electron chi connectivity index (χ0n) is 10.7. The lowest BCUT2D eigenvalue weighted by molar-refractivity contribution is -0.00579. The third kappa shape index (κ3) is 5.34. The molecule has 0 saturated heterocycles. The number of hydrazine groups is 1. The van der Waals surface area contributed by atoms with Crippen molar-refractivity contribution < 1.29 is 9.47 Å². The van der Waals surface area contributed by atoms with Crippen molar-refractivity contribution in [1.82, 2.24) is 10.7 Å². The lowest BCUT2D eigenvalue weighted by atomic mass is 9.89. The van der Waals surface area contributed by atoms with Crippen LogP contribution in [0.1, 0.15) is 26.2 Å². The molecule has 0 amide bonds. The highest BCUT2D eigenvalue weighted by molar-refractivity contribution is 5.79. The van der Waals surface area contributed by atoms with Crippen molar-refractivity contribution in [3.63, 3.8) is 0 Å². The zero-order valence-corrected chi connectivity index (χ0v) is 10.7. The van der Waals surface area contributed by atoms with Crippen LogP contribution in [0.5, 0.6) is 0 Å². The van der Waals surface area contributed by atoms with Crippen LogP contribution in [0.25, 0.3) is 0 Å². The van der Waals surface area contributed by atoms with Gasteiger partial charge in [0.1, 0.15) is 0 Å². The molecule has 100 valence electrons. The van der Waals surface area contributed by atoms with Crippen molar-refractivity contribution in [3.05, 3.63) is 0 Å². The van der Waals surface area contributed by atoms with Crippen LogP contribution in [-0.2, 0) is 9.47 Å². The summed E-state index contributed by atoms with van der Waals surface area (Å²) >= 11 is 0. The molecule has 0 atom stereocenters. The Morgan fingerprint density at radius 3 is 2.82 bits per heavy atom. The summed E-state index contributed by atoms with van der Waals surface area (Å²) < 4.78 is 10.4. The predicted molar refractivity (Wildman–Crippen MR) is 67.7 cm³/mol. The predicted octanol–water partition coefficient (Wildman–Crippen LogP) is -0.000700. The van der Waals surface area contributed by atoms with Gasteiger partial charge in [-0.1, -0.05) is 0 Å². The second-order valence-corrected chi connectivity index (χ2v) is 4.11. The Labute approximate surface area is 103 Å². The molecule has 0 heterocycles. The lowest BCUT2D eigenvalue weighted by Crippen LogP contribution is -2.53. The van der Waals surface area contributed by atoms with E-state index in [0.717, 1.165) is 32.5 Å². The van der Waals surface area contributed by atoms with E-state index in [1.54, 1.807) is 7.11 Å². The highest BCUT2D eigenvalue weighted by Crippen LogP contribution is 2.22. The van der Waals surface area contributed by atoms with E-state index in [0.29, 0.717) is 24.7 Å². The maximum Gasteiger partial charge on any atom is 0.205 e. The van der Waals surface area contributed by atoms with Crippen LogP contribution in [0.4, 0.5) is 0 Å². The third-order valence-electron chi connectivity index (χ3n) is 2.75. The summed E-state index contributed by atoms with van der Waals surface area (Å²) in [4.78, 5) is 4.32. The molecule has 1 rings (SSSR count). The van der Waals surface area contributed by atoms with Crippen LogP contribution in [0.2, 0.25) is 0 Å². The van der Waals surface area contributed by atoms with Crippen molar-refractivity contribution in [1.29, 1.82) is 0 Å². The summed E-state index contributed by atoms with van der Waals surface area (Å²) in [6.45, 7) is 4.23. The van der Waals surface area contributed by atoms with Crippen LogP contribution < -0.4 is 16.6 Å². The maximum absolute atomic E-state index is 5.49. The van der Waals surface area contributed by atoms with Gasteiger partial charge >= 0.3 is 0 Å². The molecule has 0 bridgehead atoms. The molecule has 1 fully saturated rings. The number of nitrogens with one attached hydrogen (secondary N) is 2. The van der Waals surface area contributed by atoms with Crippen molar-refractivity contribution >= 4 is 5.96 Å². The molecule has 0 aromatic rings. The first-order valence-corrected chi connectivity index (χ1v) is 6.18. The zero-order chi connectivity index (χ0) is 12.5. The summed E-state index contributed by atoms with van der Waals surface area (Å²) in [6, 6.07) is 0.420. The summed E-state index contributed by atoms with van der Waals surface area (Å²) in [5, 5.41) is 3.26. The Kier molecular flexibility index (Phi) is 6.91. The van der Waals surface area contributed by atoms with Gasteiger partial charge in [-0.25, -0.2) is 5.84 Å². The summed E-state index contributed by atoms with van der Waals surface area (Å²) in [5.74, 6) is 6.06. The minimum absolute atomic E-state index is 0.394. The van der Waals surface area contributed by atoms with Gasteiger partial charge in [-0.15, -0.1) is 0 Å². The molecule has 1 aliphatic carbocycles. The topological polar surface area (TPSA) is 80.9 Å². The van der Waals surface area contributed by atoms with E-state index in [2.05, 4.69) is 15.7 Å². The SMILES string of the molecule is CCOC1CC(NC(=NCCCOC)NN)C1. The molecule has 0 radical (unpaired) electrons. The van der Waals surface area contributed by atoms with Crippen LogP contribution in [0.15, 0.2) is 4.99 Å². The summed E-state index contributed by atoms with van der Waals surface area (Å²) in [6.07, 6.45) is 3.33. The number of methoxy groups -OCH3 is 1. The Hall–Kier alpha value is -0.850. The van der Waals surface area contributed by atoms with Crippen LogP contribution in [0, 0.1) is 0 Å². The third-order valence-corrected chi connectivity index (χ3v) is 2.75. The Balaban J connectivity index is 2.15. The maximum atomic E-state index is 5.49. The van der Waals surface area contributed by atoms with Gasteiger partial charge in [-0.3, -0.25) is 10.4 Å². The van der Waals surface area contributed by atoms with Gasteiger partial charge in [0.25, 0.3) is 0 Å². The molecule has 0 unspecified atom stereocenters. The van der Waals surface area contributed by atoms with Crippen molar-refractivity contribution in [2.45, 2.75) is 38.3 Å². The standard InChI is InChI=1S/C11H24N4O2/c1-3-17-10-7-9(8-10)14-11(15-12)13-5-4-6-16-2/h9-10H,3-8,12H2,1-2H3,(H2,13,14,15). The first kappa shape index (κ1) is 14.2. The van der Waals surface area contributed by atoms with E-state index < -0.39 is 0 Å². The quantitative estimate of drug-likeness (QED) is 0.193. The van der Waals surface area contributed by atoms with Crippen molar-refractivity contribution in [2.24, 2.45) is 10.8 Å². The number of hydrogen-bond acceptors (Lipinski definition) is 4. The second kappa shape index (κ2) is 8.27. The minimum Gasteiger partial charge on any atom is -0.385 e. The number of ether oxygens (including phenoxy) is 2. The van der Waals surface area contributed by atoms with Gasteiger partial charge in [0.05, 0.1) is 6.10 Å². The first-order chi connectivity index (χ1) is 8.30. The first-order valence-electron chi connectivity index (χ1n) is 6.18. The molecule has 4 N–H and O–H groups in total. The Morgan fingerprint density at radius 2 is 2.24 bits per heavy atom. The number of nitrogens with two attached hydrogens (primary N) is 1. The molecular formula is C11H24N4O2. The average molecular weight is 244 g/mol. The summed E-state index contributed by atoms with van der Waals surface area (Å²) in [5.41, 5.74) is 2.58. The number of aliphatic imine (C=N–C) groups is 1. The number of guanidine groups is 1. The molecular weight excluding hydrogens is 220 g/mol. The lowest BCUT2D eigenvalue weighted by Gasteiger charge is -2.36. The van der Waals surface area contributed by atoms with Crippen molar-refractivity contribution in [3.8, 4) is 0 Å². The van der Waals surface area contributed by atoms with Gasteiger partial charge in [0, 0.05) is 32.9 Å². The van der Waals surface area contributed by atoms with E-state index in [9.17, 15) is 0 Å². The molecule has 0 aliphatic heterocycles. The van der Waals surface area contributed by atoms with Crippen LogP contribution in [-0.4, -0.2) is 45.0 Å². The van der Waals surface area contributed by atoms with E-state index >= 15 is 0 Å². The molecule has 6 heteroatoms. The molecule has 0 spiro atoms. The van der Waals surface area contributed by atoms with Gasteiger partial charge in [0.2, 0.25) is 5.96 Å². The van der Waals surface area contributed by atoms with E-state index in [1.165, 1.54) is 0 Å². The number of nitrogens with zero attached hydrogens (tertiary/aromatic N) is 1. The smallest absolute Gasteiger partial charge is 0.205 e. The number of rotatable bonds is 7. The van der Waals surface area contributed by atoms with Crippen LogP contribution in [0.3, 0.4) is 0 Å². The van der Waals surface area contributed by atoms with Gasteiger partial charge in [0.15, 0.2) is 0 Å². The van der Waals surface area contributed by atoms with E-state index in [-0.39, 0.29) is 0 Å². The van der Waals surface area contributed by atoms with Gasteiger partial charge in [-0.2, -0.15) is 0 Å². The van der Waals surface area contributed by atoms with Gasteiger partial charge < -0.3 is 14.8 Å². The molecule has 17 heavy (non-hydrogen) atoms. The number of hydrogen-bond donors (Lipinski definition) is 3.